The first-order chi connectivity index (χ1) is 9.10. The Balaban J connectivity index is 1.90. The molecule has 1 fully saturated rings. The average molecular weight is 262 g/mol. The van der Waals surface area contributed by atoms with Gasteiger partial charge in [0, 0.05) is 25.7 Å². The molecule has 2 N–H and O–H groups in total. The first-order valence-electron chi connectivity index (χ1n) is 7.30. The van der Waals surface area contributed by atoms with Crippen LogP contribution < -0.4 is 10.5 Å². The minimum atomic E-state index is 0.0909. The van der Waals surface area contributed by atoms with Crippen LogP contribution in [-0.4, -0.2) is 31.1 Å². The molecule has 1 aliphatic rings. The molecule has 1 saturated heterocycles. The van der Waals surface area contributed by atoms with E-state index in [2.05, 4.69) is 30.9 Å². The van der Waals surface area contributed by atoms with Gasteiger partial charge in [-0.1, -0.05) is 26.0 Å². The Hall–Kier alpha value is -1.06. The third-order valence-corrected chi connectivity index (χ3v) is 4.14. The van der Waals surface area contributed by atoms with E-state index in [0.29, 0.717) is 6.61 Å². The van der Waals surface area contributed by atoms with Gasteiger partial charge in [0.1, 0.15) is 5.75 Å². The molecule has 0 amide bonds. The molecule has 0 spiro atoms. The number of hydrogen-bond acceptors (Lipinski definition) is 3. The molecule has 3 heteroatoms. The third kappa shape index (κ3) is 3.71. The second-order valence-corrected chi connectivity index (χ2v) is 5.78. The van der Waals surface area contributed by atoms with Crippen LogP contribution in [0.2, 0.25) is 0 Å². The van der Waals surface area contributed by atoms with Crippen LogP contribution in [0.3, 0.4) is 0 Å². The van der Waals surface area contributed by atoms with E-state index in [9.17, 15) is 0 Å². The van der Waals surface area contributed by atoms with Gasteiger partial charge in [0.2, 0.25) is 0 Å². The summed E-state index contributed by atoms with van der Waals surface area (Å²) in [5.41, 5.74) is 7.50. The van der Waals surface area contributed by atoms with Crippen LogP contribution in [0.1, 0.15) is 32.4 Å². The van der Waals surface area contributed by atoms with E-state index in [1.165, 1.54) is 18.7 Å². The minimum Gasteiger partial charge on any atom is -0.494 e. The lowest BCUT2D eigenvalue weighted by Gasteiger charge is -2.21. The fraction of sp³-hybridized carbons (Fsp3) is 0.625. The maximum atomic E-state index is 6.31. The summed E-state index contributed by atoms with van der Waals surface area (Å²) in [4.78, 5) is 2.48. The van der Waals surface area contributed by atoms with E-state index in [-0.39, 0.29) is 6.04 Å². The lowest BCUT2D eigenvalue weighted by atomic mass is 10.0. The highest BCUT2D eigenvalue weighted by molar-refractivity contribution is 5.29. The molecule has 1 aliphatic heterocycles. The van der Waals surface area contributed by atoms with E-state index in [4.69, 9.17) is 10.5 Å². The Kier molecular flexibility index (Phi) is 4.83. The molecule has 3 unspecified atom stereocenters. The summed E-state index contributed by atoms with van der Waals surface area (Å²) in [5, 5.41) is 0. The lowest BCUT2D eigenvalue weighted by Crippen LogP contribution is -2.30. The first kappa shape index (κ1) is 14.4. The molecule has 0 bridgehead atoms. The normalized spacial score (nSPS) is 25.5. The maximum absolute atomic E-state index is 6.31. The molecule has 0 aliphatic carbocycles. The van der Waals surface area contributed by atoms with Crippen LogP contribution in [0.15, 0.2) is 24.3 Å². The molecule has 2 rings (SSSR count). The third-order valence-electron chi connectivity index (χ3n) is 4.14. The number of hydrogen-bond donors (Lipinski definition) is 1. The van der Waals surface area contributed by atoms with Gasteiger partial charge in [0.05, 0.1) is 6.61 Å². The molecule has 106 valence electrons. The minimum absolute atomic E-state index is 0.0909. The zero-order valence-electron chi connectivity index (χ0n) is 12.3. The van der Waals surface area contributed by atoms with Gasteiger partial charge in [-0.2, -0.15) is 0 Å². The Morgan fingerprint density at radius 2 is 1.79 bits per heavy atom. The molecule has 0 radical (unpaired) electrons. The fourth-order valence-corrected chi connectivity index (χ4v) is 2.76. The molecule has 1 aromatic rings. The van der Waals surface area contributed by atoms with Crippen LogP contribution in [0.5, 0.6) is 5.75 Å². The highest BCUT2D eigenvalue weighted by Gasteiger charge is 2.27. The first-order valence-corrected chi connectivity index (χ1v) is 7.30. The summed E-state index contributed by atoms with van der Waals surface area (Å²) < 4.78 is 5.45. The van der Waals surface area contributed by atoms with E-state index < -0.39 is 0 Å². The van der Waals surface area contributed by atoms with Gasteiger partial charge in [-0.3, -0.25) is 0 Å². The standard InChI is InChI=1S/C16H26N2O/c1-4-19-15-7-5-14(6-8-15)16(17)11-18-9-12(2)13(3)10-18/h5-8,12-13,16H,4,9-11,17H2,1-3H3. The van der Waals surface area contributed by atoms with Gasteiger partial charge >= 0.3 is 0 Å². The van der Waals surface area contributed by atoms with Crippen molar-refractivity contribution < 1.29 is 4.74 Å². The summed E-state index contributed by atoms with van der Waals surface area (Å²) in [5.74, 6) is 2.49. The van der Waals surface area contributed by atoms with E-state index >= 15 is 0 Å². The van der Waals surface area contributed by atoms with Crippen molar-refractivity contribution in [2.75, 3.05) is 26.2 Å². The zero-order valence-corrected chi connectivity index (χ0v) is 12.3. The molecular formula is C16H26N2O. The Labute approximate surface area is 116 Å². The maximum Gasteiger partial charge on any atom is 0.119 e. The molecule has 0 saturated carbocycles. The van der Waals surface area contributed by atoms with Crippen molar-refractivity contribution in [3.63, 3.8) is 0 Å². The van der Waals surface area contributed by atoms with Crippen LogP contribution in [-0.2, 0) is 0 Å². The van der Waals surface area contributed by atoms with Gasteiger partial charge in [-0.25, -0.2) is 0 Å². The Morgan fingerprint density at radius 1 is 1.21 bits per heavy atom. The second kappa shape index (κ2) is 6.40. The smallest absolute Gasteiger partial charge is 0.119 e. The van der Waals surface area contributed by atoms with E-state index in [1.54, 1.807) is 0 Å². The number of ether oxygens (including phenoxy) is 1. The summed E-state index contributed by atoms with van der Waals surface area (Å²) in [6.07, 6.45) is 0. The van der Waals surface area contributed by atoms with Gasteiger partial charge in [-0.05, 0) is 36.5 Å². The topological polar surface area (TPSA) is 38.5 Å². The zero-order chi connectivity index (χ0) is 13.8. The second-order valence-electron chi connectivity index (χ2n) is 5.78. The van der Waals surface area contributed by atoms with E-state index in [0.717, 1.165) is 24.1 Å². The molecule has 19 heavy (non-hydrogen) atoms. The predicted molar refractivity (Wildman–Crippen MR) is 79.3 cm³/mol. The summed E-state index contributed by atoms with van der Waals surface area (Å²) in [6, 6.07) is 8.27. The monoisotopic (exact) mass is 262 g/mol. The van der Waals surface area contributed by atoms with Crippen LogP contribution in [0, 0.1) is 11.8 Å². The molecule has 1 aromatic carbocycles. The molecule has 0 aromatic heterocycles. The van der Waals surface area contributed by atoms with Gasteiger partial charge < -0.3 is 15.4 Å². The van der Waals surface area contributed by atoms with Crippen LogP contribution in [0.4, 0.5) is 0 Å². The Morgan fingerprint density at radius 3 is 2.32 bits per heavy atom. The van der Waals surface area contributed by atoms with Crippen LogP contribution >= 0.6 is 0 Å². The highest BCUT2D eigenvalue weighted by Crippen LogP contribution is 2.24. The van der Waals surface area contributed by atoms with Crippen molar-refractivity contribution >= 4 is 0 Å². The van der Waals surface area contributed by atoms with E-state index in [1.807, 2.05) is 19.1 Å². The molecule has 3 nitrogen and oxygen atoms in total. The van der Waals surface area contributed by atoms with Crippen molar-refractivity contribution in [2.45, 2.75) is 26.8 Å². The number of likely N-dealkylation sites (tertiary alicyclic amines) is 1. The van der Waals surface area contributed by atoms with Crippen molar-refractivity contribution in [3.05, 3.63) is 29.8 Å². The molecule has 3 atom stereocenters. The van der Waals surface area contributed by atoms with Gasteiger partial charge in [-0.15, -0.1) is 0 Å². The van der Waals surface area contributed by atoms with Crippen LogP contribution in [0.25, 0.3) is 0 Å². The highest BCUT2D eigenvalue weighted by atomic mass is 16.5. The number of nitrogens with two attached hydrogens (primary N) is 1. The van der Waals surface area contributed by atoms with Crippen molar-refractivity contribution in [2.24, 2.45) is 17.6 Å². The van der Waals surface area contributed by atoms with Gasteiger partial charge in [0.25, 0.3) is 0 Å². The largest absolute Gasteiger partial charge is 0.494 e. The predicted octanol–water partition coefficient (Wildman–Crippen LogP) is 2.67. The van der Waals surface area contributed by atoms with Crippen molar-refractivity contribution in [1.29, 1.82) is 0 Å². The average Bonchev–Trinajstić information content (AvgIpc) is 2.69. The lowest BCUT2D eigenvalue weighted by molar-refractivity contribution is 0.302. The summed E-state index contributed by atoms with van der Waals surface area (Å²) in [6.45, 7) is 10.6. The fourth-order valence-electron chi connectivity index (χ4n) is 2.76. The number of benzene rings is 1. The number of nitrogens with zero attached hydrogens (tertiary/aromatic N) is 1. The van der Waals surface area contributed by atoms with Crippen molar-refractivity contribution in [3.8, 4) is 5.75 Å². The van der Waals surface area contributed by atoms with Gasteiger partial charge in [0.15, 0.2) is 0 Å². The Bertz CT molecular complexity index is 380. The van der Waals surface area contributed by atoms with Crippen molar-refractivity contribution in [1.82, 2.24) is 4.90 Å². The SMILES string of the molecule is CCOc1ccc(C(N)CN2CC(C)C(C)C2)cc1. The quantitative estimate of drug-likeness (QED) is 0.886. The summed E-state index contributed by atoms with van der Waals surface area (Å²) in [7, 11) is 0. The summed E-state index contributed by atoms with van der Waals surface area (Å²) >= 11 is 0. The molecule has 1 heterocycles. The molecular weight excluding hydrogens is 236 g/mol. The number of rotatable bonds is 5.